The number of aromatic hydroxyl groups is 1. The van der Waals surface area contributed by atoms with E-state index in [1.165, 1.54) is 17.0 Å². The fraction of sp³-hybridized carbons (Fsp3) is 0.467. The minimum Gasteiger partial charge on any atom is -0.508 e. The number of nitrogens with one attached hydrogen (secondary N) is 2. The lowest BCUT2D eigenvalue weighted by Crippen LogP contribution is -2.55. The number of benzene rings is 2. The first-order chi connectivity index (χ1) is 18.6. The van der Waals surface area contributed by atoms with Crippen LogP contribution in [0.25, 0.3) is 0 Å². The number of carbonyl (C=O) groups is 4. The molecule has 4 amide bonds. The highest BCUT2D eigenvalue weighted by Crippen LogP contribution is 2.30. The van der Waals surface area contributed by atoms with Crippen LogP contribution in [0.3, 0.4) is 0 Å². The number of hydrogen-bond donors (Lipinski definition) is 4. The number of anilines is 1. The molecule has 0 bridgehead atoms. The smallest absolute Gasteiger partial charge is 0.408 e. The number of phenolic OH excluding ortho intramolecular Hbond substituents is 1. The number of primary amides is 1. The van der Waals surface area contributed by atoms with Crippen LogP contribution in [0, 0.1) is 13.8 Å². The van der Waals surface area contributed by atoms with Crippen LogP contribution < -0.4 is 16.4 Å². The topological polar surface area (TPSA) is 151 Å². The molecule has 0 radical (unpaired) electrons. The lowest BCUT2D eigenvalue weighted by atomic mass is 9.98. The Labute approximate surface area is 236 Å². The summed E-state index contributed by atoms with van der Waals surface area (Å²) in [6, 6.07) is 8.90. The van der Waals surface area contributed by atoms with Crippen molar-refractivity contribution in [2.45, 2.75) is 91.5 Å². The number of amides is 4. The van der Waals surface area contributed by atoms with E-state index in [4.69, 9.17) is 10.5 Å². The number of hydrogen-bond acceptors (Lipinski definition) is 6. The largest absolute Gasteiger partial charge is 0.508 e. The van der Waals surface area contributed by atoms with E-state index < -0.39 is 47.5 Å². The summed E-state index contributed by atoms with van der Waals surface area (Å²) < 4.78 is 5.36. The quantitative estimate of drug-likeness (QED) is 0.322. The highest BCUT2D eigenvalue weighted by molar-refractivity contribution is 6.00. The number of phenols is 1. The Morgan fingerprint density at radius 1 is 1.02 bits per heavy atom. The van der Waals surface area contributed by atoms with Crippen molar-refractivity contribution in [3.63, 3.8) is 0 Å². The van der Waals surface area contributed by atoms with Gasteiger partial charge in [-0.05, 0) is 83.2 Å². The van der Waals surface area contributed by atoms with Crippen molar-refractivity contribution in [2.75, 3.05) is 5.32 Å². The van der Waals surface area contributed by atoms with Gasteiger partial charge in [0.25, 0.3) is 5.91 Å². The molecule has 0 saturated heterocycles. The summed E-state index contributed by atoms with van der Waals surface area (Å²) in [6.07, 6.45) is -0.591. The lowest BCUT2D eigenvalue weighted by molar-refractivity contribution is -0.143. The number of rotatable bonds is 11. The minimum atomic E-state index is -1.19. The fourth-order valence-corrected chi connectivity index (χ4v) is 4.27. The number of nitrogens with zero attached hydrogens (tertiary/aromatic N) is 1. The van der Waals surface area contributed by atoms with Gasteiger partial charge in [0.2, 0.25) is 11.8 Å². The SMILES string of the molecule is CCC(C)N(C(=O)C(CCC(N)=O)NC(=O)OC(C)(C)C)C(C(=O)Nc1c(C)cccc1C)c1ccc(O)cc1. The zero-order chi connectivity index (χ0) is 30.2. The number of ether oxygens (including phenoxy) is 1. The van der Waals surface area contributed by atoms with Crippen molar-refractivity contribution < 1.29 is 29.0 Å². The highest BCUT2D eigenvalue weighted by Gasteiger charge is 2.38. The van der Waals surface area contributed by atoms with E-state index in [9.17, 15) is 24.3 Å². The molecule has 5 N–H and O–H groups in total. The molecular formula is C30H42N4O6. The Balaban J connectivity index is 2.60. The number of nitrogens with two attached hydrogens (primary N) is 1. The molecule has 0 spiro atoms. The first kappa shape index (κ1) is 32.1. The van der Waals surface area contributed by atoms with E-state index in [1.54, 1.807) is 39.8 Å². The van der Waals surface area contributed by atoms with Gasteiger partial charge in [-0.3, -0.25) is 14.4 Å². The maximum atomic E-state index is 14.2. The van der Waals surface area contributed by atoms with Crippen LogP contribution in [0.2, 0.25) is 0 Å². The van der Waals surface area contributed by atoms with Crippen LogP contribution in [-0.2, 0) is 19.1 Å². The summed E-state index contributed by atoms with van der Waals surface area (Å²) in [5.74, 6) is -1.68. The Kier molecular flexibility index (Phi) is 11.1. The van der Waals surface area contributed by atoms with Crippen LogP contribution in [0.1, 0.15) is 76.6 Å². The Morgan fingerprint density at radius 2 is 1.60 bits per heavy atom. The van der Waals surface area contributed by atoms with Crippen LogP contribution in [0.15, 0.2) is 42.5 Å². The Hall–Kier alpha value is -4.08. The van der Waals surface area contributed by atoms with Crippen molar-refractivity contribution in [1.82, 2.24) is 10.2 Å². The molecule has 0 heterocycles. The molecule has 2 aromatic rings. The van der Waals surface area contributed by atoms with Crippen LogP contribution in [0.4, 0.5) is 10.5 Å². The lowest BCUT2D eigenvalue weighted by Gasteiger charge is -2.38. The monoisotopic (exact) mass is 554 g/mol. The van der Waals surface area contributed by atoms with Gasteiger partial charge in [-0.25, -0.2) is 4.79 Å². The second-order valence-corrected chi connectivity index (χ2v) is 11.0. The third-order valence-electron chi connectivity index (χ3n) is 6.45. The molecule has 40 heavy (non-hydrogen) atoms. The van der Waals surface area contributed by atoms with Crippen molar-refractivity contribution >= 4 is 29.5 Å². The maximum absolute atomic E-state index is 14.2. The normalized spacial score (nSPS) is 13.5. The molecule has 0 aliphatic carbocycles. The van der Waals surface area contributed by atoms with E-state index >= 15 is 0 Å². The zero-order valence-electron chi connectivity index (χ0n) is 24.4. The molecule has 0 aromatic heterocycles. The number of aryl methyl sites for hydroxylation is 2. The standard InChI is InChI=1S/C30H42N4O6/c1-8-20(4)34(28(38)23(16-17-24(31)36)32-29(39)40-30(5,6)7)26(21-12-14-22(35)15-13-21)27(37)33-25-18(2)10-9-11-19(25)3/h9-15,20,23,26,35H,8,16-17H2,1-7H3,(H2,31,36)(H,32,39)(H,33,37). The summed E-state index contributed by atoms with van der Waals surface area (Å²) in [5.41, 5.74) is 7.34. The molecule has 3 unspecified atom stereocenters. The van der Waals surface area contributed by atoms with Gasteiger partial charge < -0.3 is 31.1 Å². The highest BCUT2D eigenvalue weighted by atomic mass is 16.6. The van der Waals surface area contributed by atoms with Gasteiger partial charge in [0.05, 0.1) is 0 Å². The second kappa shape index (κ2) is 13.8. The van der Waals surface area contributed by atoms with E-state index in [2.05, 4.69) is 10.6 Å². The molecule has 218 valence electrons. The number of alkyl carbamates (subject to hydrolysis) is 1. The summed E-state index contributed by atoms with van der Waals surface area (Å²) in [6.45, 7) is 12.5. The van der Waals surface area contributed by atoms with E-state index in [-0.39, 0.29) is 18.6 Å². The first-order valence-electron chi connectivity index (χ1n) is 13.4. The van der Waals surface area contributed by atoms with Gasteiger partial charge in [-0.2, -0.15) is 0 Å². The molecule has 10 heteroatoms. The molecule has 2 aromatic carbocycles. The van der Waals surface area contributed by atoms with Gasteiger partial charge in [-0.1, -0.05) is 37.3 Å². The molecule has 0 aliphatic heterocycles. The van der Waals surface area contributed by atoms with Gasteiger partial charge >= 0.3 is 6.09 Å². The molecular weight excluding hydrogens is 512 g/mol. The predicted molar refractivity (Wildman–Crippen MR) is 154 cm³/mol. The third kappa shape index (κ3) is 9.00. The third-order valence-corrected chi connectivity index (χ3v) is 6.45. The summed E-state index contributed by atoms with van der Waals surface area (Å²) >= 11 is 0. The van der Waals surface area contributed by atoms with Gasteiger partial charge in [0.1, 0.15) is 23.4 Å². The summed E-state index contributed by atoms with van der Waals surface area (Å²) in [4.78, 5) is 53.9. The van der Waals surface area contributed by atoms with Crippen LogP contribution in [-0.4, -0.2) is 51.5 Å². The average Bonchev–Trinajstić information content (AvgIpc) is 2.86. The van der Waals surface area contributed by atoms with Crippen molar-refractivity contribution in [3.05, 3.63) is 59.2 Å². The fourth-order valence-electron chi connectivity index (χ4n) is 4.27. The Morgan fingerprint density at radius 3 is 2.10 bits per heavy atom. The summed E-state index contributed by atoms with van der Waals surface area (Å²) in [7, 11) is 0. The molecule has 3 atom stereocenters. The maximum Gasteiger partial charge on any atom is 0.408 e. The molecule has 0 saturated carbocycles. The summed E-state index contributed by atoms with van der Waals surface area (Å²) in [5, 5.41) is 15.5. The van der Waals surface area contributed by atoms with E-state index in [1.807, 2.05) is 39.0 Å². The molecule has 2 rings (SSSR count). The minimum absolute atomic E-state index is 0.00463. The predicted octanol–water partition coefficient (Wildman–Crippen LogP) is 4.47. The average molecular weight is 555 g/mol. The van der Waals surface area contributed by atoms with Crippen LogP contribution >= 0.6 is 0 Å². The molecule has 0 fully saturated rings. The molecule has 0 aliphatic rings. The van der Waals surface area contributed by atoms with Crippen molar-refractivity contribution in [2.24, 2.45) is 5.73 Å². The molecule has 10 nitrogen and oxygen atoms in total. The van der Waals surface area contributed by atoms with E-state index in [0.29, 0.717) is 17.7 Å². The van der Waals surface area contributed by atoms with Gasteiger partial charge in [-0.15, -0.1) is 0 Å². The van der Waals surface area contributed by atoms with Crippen molar-refractivity contribution in [1.29, 1.82) is 0 Å². The number of para-hydroxylation sites is 1. The van der Waals surface area contributed by atoms with E-state index in [0.717, 1.165) is 11.1 Å². The van der Waals surface area contributed by atoms with Crippen LogP contribution in [0.5, 0.6) is 5.75 Å². The second-order valence-electron chi connectivity index (χ2n) is 11.0. The van der Waals surface area contributed by atoms with Gasteiger partial charge in [0.15, 0.2) is 0 Å². The zero-order valence-corrected chi connectivity index (χ0v) is 24.4. The first-order valence-corrected chi connectivity index (χ1v) is 13.4. The Bertz CT molecular complexity index is 1190. The van der Waals surface area contributed by atoms with Crippen molar-refractivity contribution in [3.8, 4) is 5.75 Å². The number of carbonyl (C=O) groups excluding carboxylic acids is 4. The van der Waals surface area contributed by atoms with Gasteiger partial charge in [0, 0.05) is 18.2 Å².